The minimum atomic E-state index is -0.673. The van der Waals surface area contributed by atoms with E-state index in [1.165, 1.54) is 0 Å². The first-order valence-corrected chi connectivity index (χ1v) is 5.61. The summed E-state index contributed by atoms with van der Waals surface area (Å²) in [7, 11) is 0. The van der Waals surface area contributed by atoms with E-state index in [-0.39, 0.29) is 0 Å². The summed E-state index contributed by atoms with van der Waals surface area (Å²) < 4.78 is 1.03. The van der Waals surface area contributed by atoms with Gasteiger partial charge in [-0.3, -0.25) is 0 Å². The summed E-state index contributed by atoms with van der Waals surface area (Å²) in [5, 5.41) is 13.6. The summed E-state index contributed by atoms with van der Waals surface area (Å²) in [6.07, 6.45) is 0.796. The molecule has 2 nitrogen and oxygen atoms in total. The standard InChI is InChI=1S/C11H14BrNO/c1-8-2-3-9(12)6-10(8)11(14)4-5-13-7-11/h2-3,6,13-14H,4-5,7H2,1H3. The van der Waals surface area contributed by atoms with Gasteiger partial charge in [-0.2, -0.15) is 0 Å². The molecule has 1 aromatic carbocycles. The van der Waals surface area contributed by atoms with Crippen LogP contribution >= 0.6 is 15.9 Å². The van der Waals surface area contributed by atoms with Crippen LogP contribution in [0.1, 0.15) is 17.5 Å². The van der Waals surface area contributed by atoms with E-state index in [9.17, 15) is 5.11 Å². The predicted octanol–water partition coefficient (Wildman–Crippen LogP) is 1.94. The fourth-order valence-corrected chi connectivity index (χ4v) is 2.37. The molecule has 1 saturated heterocycles. The average molecular weight is 256 g/mol. The molecule has 0 bridgehead atoms. The maximum atomic E-state index is 10.4. The normalized spacial score (nSPS) is 26.8. The predicted molar refractivity (Wildman–Crippen MR) is 60.3 cm³/mol. The third-order valence-corrected chi connectivity index (χ3v) is 3.33. The van der Waals surface area contributed by atoms with Gasteiger partial charge in [0.25, 0.3) is 0 Å². The Morgan fingerprint density at radius 2 is 2.29 bits per heavy atom. The number of rotatable bonds is 1. The number of hydrogen-bond donors (Lipinski definition) is 2. The summed E-state index contributed by atoms with van der Waals surface area (Å²) in [5.74, 6) is 0. The fraction of sp³-hybridized carbons (Fsp3) is 0.455. The first-order valence-electron chi connectivity index (χ1n) is 4.81. The van der Waals surface area contributed by atoms with Crippen molar-refractivity contribution in [3.8, 4) is 0 Å². The Bertz CT molecular complexity index is 345. The zero-order chi connectivity index (χ0) is 10.2. The summed E-state index contributed by atoms with van der Waals surface area (Å²) in [4.78, 5) is 0. The highest BCUT2D eigenvalue weighted by Crippen LogP contribution is 2.31. The van der Waals surface area contributed by atoms with Crippen molar-refractivity contribution in [3.05, 3.63) is 33.8 Å². The van der Waals surface area contributed by atoms with Gasteiger partial charge in [0, 0.05) is 11.0 Å². The minimum absolute atomic E-state index is 0.657. The minimum Gasteiger partial charge on any atom is -0.384 e. The molecule has 1 fully saturated rings. The van der Waals surface area contributed by atoms with Crippen LogP contribution in [0.2, 0.25) is 0 Å². The number of nitrogens with one attached hydrogen (secondary N) is 1. The van der Waals surface area contributed by atoms with Crippen LogP contribution in [-0.4, -0.2) is 18.2 Å². The van der Waals surface area contributed by atoms with Crippen LogP contribution in [0.3, 0.4) is 0 Å². The highest BCUT2D eigenvalue weighted by molar-refractivity contribution is 9.10. The molecule has 0 aromatic heterocycles. The van der Waals surface area contributed by atoms with E-state index in [4.69, 9.17) is 0 Å². The van der Waals surface area contributed by atoms with Crippen molar-refractivity contribution in [1.29, 1.82) is 0 Å². The molecule has 1 atom stereocenters. The van der Waals surface area contributed by atoms with Crippen LogP contribution in [-0.2, 0) is 5.60 Å². The van der Waals surface area contributed by atoms with Crippen LogP contribution in [0.4, 0.5) is 0 Å². The first-order chi connectivity index (χ1) is 6.62. The van der Waals surface area contributed by atoms with Gasteiger partial charge in [-0.25, -0.2) is 0 Å². The zero-order valence-electron chi connectivity index (χ0n) is 8.18. The van der Waals surface area contributed by atoms with Gasteiger partial charge in [0.05, 0.1) is 0 Å². The molecule has 1 heterocycles. The van der Waals surface area contributed by atoms with E-state index in [0.717, 1.165) is 28.6 Å². The monoisotopic (exact) mass is 255 g/mol. The number of aryl methyl sites for hydroxylation is 1. The largest absolute Gasteiger partial charge is 0.384 e. The molecule has 1 aliphatic heterocycles. The van der Waals surface area contributed by atoms with Crippen molar-refractivity contribution in [2.24, 2.45) is 0 Å². The van der Waals surface area contributed by atoms with Crippen molar-refractivity contribution in [3.63, 3.8) is 0 Å². The fourth-order valence-electron chi connectivity index (χ4n) is 2.00. The molecule has 1 aliphatic rings. The Kier molecular flexibility index (Phi) is 2.64. The van der Waals surface area contributed by atoms with Crippen LogP contribution in [0, 0.1) is 6.92 Å². The van der Waals surface area contributed by atoms with E-state index in [1.54, 1.807) is 0 Å². The van der Waals surface area contributed by atoms with Crippen LogP contribution in [0.15, 0.2) is 22.7 Å². The van der Waals surface area contributed by atoms with Crippen LogP contribution < -0.4 is 5.32 Å². The van der Waals surface area contributed by atoms with Crippen molar-refractivity contribution in [2.45, 2.75) is 18.9 Å². The number of benzene rings is 1. The Balaban J connectivity index is 2.44. The molecule has 1 aromatic rings. The third-order valence-electron chi connectivity index (χ3n) is 2.83. The van der Waals surface area contributed by atoms with Gasteiger partial charge in [0.15, 0.2) is 0 Å². The number of β-amino-alcohol motifs (C(OH)–C–C–N with tert-alkyl or cyclic N) is 1. The van der Waals surface area contributed by atoms with Gasteiger partial charge in [-0.05, 0) is 43.1 Å². The van der Waals surface area contributed by atoms with Gasteiger partial charge >= 0.3 is 0 Å². The number of hydrogen-bond acceptors (Lipinski definition) is 2. The van der Waals surface area contributed by atoms with Crippen molar-refractivity contribution < 1.29 is 5.11 Å². The van der Waals surface area contributed by atoms with Crippen LogP contribution in [0.25, 0.3) is 0 Å². The Morgan fingerprint density at radius 3 is 2.93 bits per heavy atom. The number of aliphatic hydroxyl groups is 1. The Hall–Kier alpha value is -0.380. The van der Waals surface area contributed by atoms with Crippen molar-refractivity contribution >= 4 is 15.9 Å². The van der Waals surface area contributed by atoms with Crippen molar-refractivity contribution in [2.75, 3.05) is 13.1 Å². The van der Waals surface area contributed by atoms with Gasteiger partial charge in [0.1, 0.15) is 5.60 Å². The third kappa shape index (κ3) is 1.72. The van der Waals surface area contributed by atoms with E-state index in [1.807, 2.05) is 25.1 Å². The second-order valence-electron chi connectivity index (χ2n) is 3.92. The van der Waals surface area contributed by atoms with Gasteiger partial charge in [-0.15, -0.1) is 0 Å². The maximum absolute atomic E-state index is 10.4. The lowest BCUT2D eigenvalue weighted by Crippen LogP contribution is -2.29. The van der Waals surface area contributed by atoms with E-state index < -0.39 is 5.60 Å². The van der Waals surface area contributed by atoms with Gasteiger partial charge in [-0.1, -0.05) is 22.0 Å². The Labute approximate surface area is 92.5 Å². The van der Waals surface area contributed by atoms with E-state index >= 15 is 0 Å². The quantitative estimate of drug-likeness (QED) is 0.804. The molecule has 0 saturated carbocycles. The lowest BCUT2D eigenvalue weighted by atomic mass is 9.90. The highest BCUT2D eigenvalue weighted by atomic mass is 79.9. The molecule has 0 aliphatic carbocycles. The van der Waals surface area contributed by atoms with E-state index in [0.29, 0.717) is 6.54 Å². The summed E-state index contributed by atoms with van der Waals surface area (Å²) in [6, 6.07) is 6.06. The molecular weight excluding hydrogens is 242 g/mol. The zero-order valence-corrected chi connectivity index (χ0v) is 9.76. The molecule has 2 N–H and O–H groups in total. The molecule has 0 radical (unpaired) electrons. The number of halogens is 1. The molecule has 0 spiro atoms. The van der Waals surface area contributed by atoms with E-state index in [2.05, 4.69) is 21.2 Å². The topological polar surface area (TPSA) is 32.3 Å². The lowest BCUT2D eigenvalue weighted by Gasteiger charge is -2.24. The SMILES string of the molecule is Cc1ccc(Br)cc1C1(O)CCNC1. The Morgan fingerprint density at radius 1 is 1.50 bits per heavy atom. The van der Waals surface area contributed by atoms with Crippen LogP contribution in [0.5, 0.6) is 0 Å². The maximum Gasteiger partial charge on any atom is 0.103 e. The molecule has 3 heteroatoms. The van der Waals surface area contributed by atoms with Gasteiger partial charge in [0.2, 0.25) is 0 Å². The van der Waals surface area contributed by atoms with Crippen molar-refractivity contribution in [1.82, 2.24) is 5.32 Å². The summed E-state index contributed by atoms with van der Waals surface area (Å²) in [6.45, 7) is 3.59. The molecule has 14 heavy (non-hydrogen) atoms. The highest BCUT2D eigenvalue weighted by Gasteiger charge is 2.34. The summed E-state index contributed by atoms with van der Waals surface area (Å²) in [5.41, 5.74) is 1.52. The first kappa shape index (κ1) is 10.1. The molecule has 0 amide bonds. The smallest absolute Gasteiger partial charge is 0.103 e. The molecule has 1 unspecified atom stereocenters. The lowest BCUT2D eigenvalue weighted by molar-refractivity contribution is 0.0580. The summed E-state index contributed by atoms with van der Waals surface area (Å²) >= 11 is 3.44. The second kappa shape index (κ2) is 3.65. The second-order valence-corrected chi connectivity index (χ2v) is 4.83. The average Bonchev–Trinajstić information content (AvgIpc) is 2.58. The molecule has 76 valence electrons. The molecule has 2 rings (SSSR count). The van der Waals surface area contributed by atoms with Gasteiger partial charge < -0.3 is 10.4 Å². The molecular formula is C11H14BrNO.